The number of anilines is 1. The zero-order valence-electron chi connectivity index (χ0n) is 15.0. The normalized spacial score (nSPS) is 26.5. The first-order valence-corrected chi connectivity index (χ1v) is 10.4. The minimum absolute atomic E-state index is 0.265. The second-order valence-corrected chi connectivity index (χ2v) is 8.89. The van der Waals surface area contributed by atoms with Crippen LogP contribution in [0.5, 0.6) is 0 Å². The van der Waals surface area contributed by atoms with Crippen molar-refractivity contribution in [1.29, 1.82) is 0 Å². The second kappa shape index (κ2) is 7.99. The molecule has 140 valence electrons. The number of pyridine rings is 1. The van der Waals surface area contributed by atoms with Gasteiger partial charge in [0, 0.05) is 45.5 Å². The van der Waals surface area contributed by atoms with E-state index in [1.54, 1.807) is 23.5 Å². The fraction of sp³-hybridized carbons (Fsp3) is 0.706. The van der Waals surface area contributed by atoms with Gasteiger partial charge in [-0.1, -0.05) is 0 Å². The molecule has 2 fully saturated rings. The van der Waals surface area contributed by atoms with Gasteiger partial charge in [-0.2, -0.15) is 4.31 Å². The van der Waals surface area contributed by atoms with Crippen molar-refractivity contribution in [3.05, 3.63) is 18.3 Å². The van der Waals surface area contributed by atoms with E-state index >= 15 is 0 Å². The number of nitrogens with zero attached hydrogens (tertiary/aromatic N) is 3. The van der Waals surface area contributed by atoms with Gasteiger partial charge in [0.1, 0.15) is 10.7 Å². The van der Waals surface area contributed by atoms with Gasteiger partial charge in [-0.05, 0) is 44.9 Å². The van der Waals surface area contributed by atoms with E-state index in [1.165, 1.54) is 6.20 Å². The Kier molecular flexibility index (Phi) is 5.93. The maximum Gasteiger partial charge on any atom is 0.244 e. The number of aromatic nitrogens is 1. The number of hydrogen-bond acceptors (Lipinski definition) is 6. The average molecular weight is 369 g/mol. The first kappa shape index (κ1) is 18.6. The lowest BCUT2D eigenvalue weighted by atomic mass is 9.93. The van der Waals surface area contributed by atoms with Crippen molar-refractivity contribution < 1.29 is 13.2 Å². The molecule has 0 bridgehead atoms. The fourth-order valence-electron chi connectivity index (χ4n) is 3.50. The molecule has 8 heteroatoms. The van der Waals surface area contributed by atoms with Crippen molar-refractivity contribution in [1.82, 2.24) is 14.2 Å². The molecule has 1 saturated carbocycles. The Morgan fingerprint density at radius 2 is 1.96 bits per heavy atom. The highest BCUT2D eigenvalue weighted by molar-refractivity contribution is 7.89. The summed E-state index contributed by atoms with van der Waals surface area (Å²) in [6, 6.07) is 3.74. The molecule has 0 radical (unpaired) electrons. The summed E-state index contributed by atoms with van der Waals surface area (Å²) in [6.07, 6.45) is 6.04. The van der Waals surface area contributed by atoms with Crippen LogP contribution in [-0.4, -0.2) is 75.1 Å². The van der Waals surface area contributed by atoms with Gasteiger partial charge in [0.2, 0.25) is 10.0 Å². The third-order valence-electron chi connectivity index (χ3n) is 5.15. The molecule has 1 aliphatic carbocycles. The topological polar surface area (TPSA) is 74.8 Å². The lowest BCUT2D eigenvalue weighted by Gasteiger charge is -2.31. The van der Waals surface area contributed by atoms with E-state index in [0.29, 0.717) is 25.2 Å². The summed E-state index contributed by atoms with van der Waals surface area (Å²) in [5.41, 5.74) is 0. The van der Waals surface area contributed by atoms with Gasteiger partial charge >= 0.3 is 0 Å². The number of likely N-dealkylation sites (N-methyl/N-ethyl adjacent to an activating group) is 1. The molecule has 2 unspecified atom stereocenters. The van der Waals surface area contributed by atoms with Crippen molar-refractivity contribution in [3.8, 4) is 0 Å². The highest BCUT2D eigenvalue weighted by atomic mass is 32.2. The van der Waals surface area contributed by atoms with Crippen LogP contribution in [0.1, 0.15) is 25.7 Å². The van der Waals surface area contributed by atoms with Crippen LogP contribution >= 0.6 is 0 Å². The van der Waals surface area contributed by atoms with Gasteiger partial charge in [0.15, 0.2) is 0 Å². The number of rotatable bonds is 5. The molecule has 25 heavy (non-hydrogen) atoms. The average Bonchev–Trinajstić information content (AvgIpc) is 2.63. The van der Waals surface area contributed by atoms with Gasteiger partial charge < -0.3 is 15.0 Å². The molecule has 0 amide bonds. The van der Waals surface area contributed by atoms with Crippen LogP contribution in [0.25, 0.3) is 0 Å². The molecular formula is C17H28N4O3S. The Hall–Kier alpha value is -1.22. The zero-order chi connectivity index (χ0) is 17.9. The molecule has 0 spiro atoms. The number of methoxy groups -OCH3 is 1. The van der Waals surface area contributed by atoms with Crippen LogP contribution in [-0.2, 0) is 14.8 Å². The van der Waals surface area contributed by atoms with Gasteiger partial charge in [-0.15, -0.1) is 0 Å². The van der Waals surface area contributed by atoms with Crippen molar-refractivity contribution in [2.45, 2.75) is 42.7 Å². The Labute approximate surface area is 150 Å². The molecule has 1 aliphatic heterocycles. The minimum Gasteiger partial charge on any atom is -0.381 e. The molecular weight excluding hydrogens is 340 g/mol. The van der Waals surface area contributed by atoms with Crippen LogP contribution in [0, 0.1) is 0 Å². The fourth-order valence-corrected chi connectivity index (χ4v) is 4.86. The lowest BCUT2D eigenvalue weighted by molar-refractivity contribution is 0.0669. The third-order valence-corrected chi connectivity index (χ3v) is 7.03. The first-order chi connectivity index (χ1) is 12.0. The van der Waals surface area contributed by atoms with E-state index in [-0.39, 0.29) is 4.90 Å². The molecule has 3 rings (SSSR count). The summed E-state index contributed by atoms with van der Waals surface area (Å²) in [5.74, 6) is 0.721. The summed E-state index contributed by atoms with van der Waals surface area (Å²) in [4.78, 5) is 6.73. The van der Waals surface area contributed by atoms with E-state index in [1.807, 2.05) is 7.05 Å². The maximum absolute atomic E-state index is 12.7. The predicted octanol–water partition coefficient (Wildman–Crippen LogP) is 1.39. The molecule has 1 aromatic heterocycles. The van der Waals surface area contributed by atoms with E-state index in [9.17, 15) is 8.42 Å². The van der Waals surface area contributed by atoms with Crippen LogP contribution < -0.4 is 5.32 Å². The van der Waals surface area contributed by atoms with Crippen LogP contribution in [0.15, 0.2) is 23.2 Å². The second-order valence-electron chi connectivity index (χ2n) is 6.95. The number of hydrogen-bond donors (Lipinski definition) is 1. The molecule has 2 aliphatic rings. The van der Waals surface area contributed by atoms with Crippen molar-refractivity contribution in [2.75, 3.05) is 45.7 Å². The Bertz CT molecular complexity index is 657. The molecule has 7 nitrogen and oxygen atoms in total. The Morgan fingerprint density at radius 1 is 1.20 bits per heavy atom. The standard InChI is InChI=1S/C17H28N4O3S/c1-20-8-10-21(11-9-20)25(22,23)16-6-7-17(18-13-16)19-14-4-3-5-15(12-14)24-2/h6-7,13-15H,3-5,8-12H2,1-2H3,(H,18,19). The number of nitrogens with one attached hydrogen (secondary N) is 1. The summed E-state index contributed by atoms with van der Waals surface area (Å²) >= 11 is 0. The quantitative estimate of drug-likeness (QED) is 0.847. The van der Waals surface area contributed by atoms with Crippen LogP contribution in [0.4, 0.5) is 5.82 Å². The van der Waals surface area contributed by atoms with Crippen molar-refractivity contribution >= 4 is 15.8 Å². The monoisotopic (exact) mass is 368 g/mol. The molecule has 1 N–H and O–H groups in total. The number of piperazine rings is 1. The highest BCUT2D eigenvalue weighted by Gasteiger charge is 2.28. The Morgan fingerprint density at radius 3 is 2.60 bits per heavy atom. The van der Waals surface area contributed by atoms with E-state index in [0.717, 1.165) is 44.6 Å². The SMILES string of the molecule is COC1CCCC(Nc2ccc(S(=O)(=O)N3CCN(C)CC3)cn2)C1. The zero-order valence-corrected chi connectivity index (χ0v) is 15.8. The number of sulfonamides is 1. The van der Waals surface area contributed by atoms with Gasteiger partial charge in [-0.3, -0.25) is 0 Å². The molecule has 1 aromatic rings. The van der Waals surface area contributed by atoms with Crippen molar-refractivity contribution in [3.63, 3.8) is 0 Å². The van der Waals surface area contributed by atoms with Gasteiger partial charge in [0.25, 0.3) is 0 Å². The van der Waals surface area contributed by atoms with Crippen molar-refractivity contribution in [2.24, 2.45) is 0 Å². The molecule has 1 saturated heterocycles. The predicted molar refractivity (Wildman–Crippen MR) is 97.2 cm³/mol. The third kappa shape index (κ3) is 4.49. The molecule has 2 atom stereocenters. The smallest absolute Gasteiger partial charge is 0.244 e. The largest absolute Gasteiger partial charge is 0.381 e. The summed E-state index contributed by atoms with van der Waals surface area (Å²) < 4.78 is 32.4. The Balaban J connectivity index is 1.63. The van der Waals surface area contributed by atoms with E-state index in [2.05, 4.69) is 15.2 Å². The van der Waals surface area contributed by atoms with Crippen LogP contribution in [0.3, 0.4) is 0 Å². The molecule has 0 aromatic carbocycles. The maximum atomic E-state index is 12.7. The molecule has 2 heterocycles. The van der Waals surface area contributed by atoms with E-state index < -0.39 is 10.0 Å². The summed E-state index contributed by atoms with van der Waals surface area (Å²) in [7, 11) is 0.307. The lowest BCUT2D eigenvalue weighted by Crippen LogP contribution is -2.47. The van der Waals surface area contributed by atoms with Gasteiger partial charge in [0.05, 0.1) is 6.10 Å². The summed E-state index contributed by atoms with van der Waals surface area (Å²) in [5, 5.41) is 3.40. The van der Waals surface area contributed by atoms with Gasteiger partial charge in [-0.25, -0.2) is 13.4 Å². The van der Waals surface area contributed by atoms with E-state index in [4.69, 9.17) is 4.74 Å². The first-order valence-electron chi connectivity index (χ1n) is 8.93. The van der Waals surface area contributed by atoms with Crippen LogP contribution in [0.2, 0.25) is 0 Å². The number of ether oxygens (including phenoxy) is 1. The minimum atomic E-state index is -3.45. The summed E-state index contributed by atoms with van der Waals surface area (Å²) in [6.45, 7) is 2.57. The highest BCUT2D eigenvalue weighted by Crippen LogP contribution is 2.24.